The van der Waals surface area contributed by atoms with Crippen molar-refractivity contribution in [2.24, 2.45) is 17.8 Å². The molecule has 4 heterocycles. The van der Waals surface area contributed by atoms with E-state index in [-0.39, 0.29) is 30.2 Å². The van der Waals surface area contributed by atoms with Crippen LogP contribution in [0.15, 0.2) is 30.3 Å². The van der Waals surface area contributed by atoms with E-state index in [0.29, 0.717) is 32.7 Å². The third kappa shape index (κ3) is 5.09. The number of rotatable bonds is 10. The zero-order valence-electron chi connectivity index (χ0n) is 23.2. The van der Waals surface area contributed by atoms with Crippen LogP contribution >= 0.6 is 11.8 Å². The predicted molar refractivity (Wildman–Crippen MR) is 150 cm³/mol. The van der Waals surface area contributed by atoms with Gasteiger partial charge in [-0.25, -0.2) is 0 Å². The van der Waals surface area contributed by atoms with Crippen LogP contribution in [-0.2, 0) is 25.7 Å². The fourth-order valence-electron chi connectivity index (χ4n) is 7.20. The molecule has 5 rings (SSSR count). The number of aliphatic hydroxyl groups is 1. The third-order valence-corrected chi connectivity index (χ3v) is 11.2. The van der Waals surface area contributed by atoms with Gasteiger partial charge in [0, 0.05) is 37.5 Å². The minimum Gasteiger partial charge on any atom is -0.394 e. The summed E-state index contributed by atoms with van der Waals surface area (Å²) in [5.74, 6) is -1.66. The van der Waals surface area contributed by atoms with Crippen LogP contribution in [-0.4, -0.2) is 100 Å². The SMILES string of the molecule is CC(C)[C@H](CO)N1C(=O)[C@@H]2[C@H](C(=O)NCc3ccccc3)[C@]3(C)CCC2(S3)C1C(=O)NCCN1CCOCC1. The van der Waals surface area contributed by atoms with Crippen molar-refractivity contribution >= 4 is 29.5 Å². The van der Waals surface area contributed by atoms with E-state index in [4.69, 9.17) is 4.74 Å². The number of nitrogens with zero attached hydrogens (tertiary/aromatic N) is 2. The van der Waals surface area contributed by atoms with Crippen molar-refractivity contribution in [3.63, 3.8) is 0 Å². The first kappa shape index (κ1) is 28.4. The lowest BCUT2D eigenvalue weighted by Gasteiger charge is -2.38. The molecule has 9 nitrogen and oxygen atoms in total. The monoisotopic (exact) mass is 558 g/mol. The molecule has 39 heavy (non-hydrogen) atoms. The highest BCUT2D eigenvalue weighted by Gasteiger charge is 2.77. The number of hydrogen-bond acceptors (Lipinski definition) is 7. The van der Waals surface area contributed by atoms with Gasteiger partial charge in [-0.15, -0.1) is 11.8 Å². The molecule has 1 aromatic rings. The minimum atomic E-state index is -0.724. The Kier molecular flexibility index (Phi) is 8.29. The van der Waals surface area contributed by atoms with Crippen LogP contribution in [0.2, 0.25) is 0 Å². The molecule has 0 radical (unpaired) electrons. The van der Waals surface area contributed by atoms with E-state index in [0.717, 1.165) is 31.6 Å². The Labute approximate surface area is 235 Å². The van der Waals surface area contributed by atoms with Crippen molar-refractivity contribution in [1.29, 1.82) is 0 Å². The zero-order valence-corrected chi connectivity index (χ0v) is 24.0. The number of aliphatic hydroxyl groups excluding tert-OH is 1. The molecule has 4 fully saturated rings. The van der Waals surface area contributed by atoms with Crippen LogP contribution < -0.4 is 10.6 Å². The molecule has 10 heteroatoms. The van der Waals surface area contributed by atoms with E-state index in [1.54, 1.807) is 16.7 Å². The summed E-state index contributed by atoms with van der Waals surface area (Å²) in [6.45, 7) is 10.4. The highest BCUT2D eigenvalue weighted by Crippen LogP contribution is 2.71. The number of benzene rings is 1. The second-order valence-corrected chi connectivity index (χ2v) is 13.8. The van der Waals surface area contributed by atoms with Crippen molar-refractivity contribution in [1.82, 2.24) is 20.4 Å². The van der Waals surface area contributed by atoms with Gasteiger partial charge in [0.15, 0.2) is 0 Å². The fourth-order valence-corrected chi connectivity index (χ4v) is 9.54. The largest absolute Gasteiger partial charge is 0.394 e. The maximum Gasteiger partial charge on any atom is 0.244 e. The Bertz CT molecular complexity index is 1070. The normalized spacial score (nSPS) is 32.9. The number of carbonyl (C=O) groups is 3. The summed E-state index contributed by atoms with van der Waals surface area (Å²) >= 11 is 1.66. The number of amides is 3. The minimum absolute atomic E-state index is 0.0408. The highest BCUT2D eigenvalue weighted by atomic mass is 32.2. The molecule has 3 amide bonds. The van der Waals surface area contributed by atoms with Crippen LogP contribution in [0.3, 0.4) is 0 Å². The standard InChI is InChI=1S/C29H42N4O5S/c1-19(2)21(18-34)33-24(26(36)30-11-12-32-13-15-38-16-14-32)29-10-9-28(3,39-29)22(23(29)27(33)37)25(35)31-17-20-7-5-4-6-8-20/h4-8,19,21-24,34H,9-18H2,1-3H3,(H,30,36)(H,31,35)/t21-,22+,23-,24?,28-,29?/m0/s1. The topological polar surface area (TPSA) is 111 Å². The lowest BCUT2D eigenvalue weighted by molar-refractivity contribution is -0.144. The van der Waals surface area contributed by atoms with Crippen molar-refractivity contribution in [3.8, 4) is 0 Å². The van der Waals surface area contributed by atoms with Gasteiger partial charge in [-0.05, 0) is 31.2 Å². The molecule has 0 aliphatic carbocycles. The fraction of sp³-hybridized carbons (Fsp3) is 0.690. The predicted octanol–water partition coefficient (Wildman–Crippen LogP) is 1.25. The number of carbonyl (C=O) groups excluding carboxylic acids is 3. The maximum atomic E-state index is 14.3. The second kappa shape index (κ2) is 11.4. The summed E-state index contributed by atoms with van der Waals surface area (Å²) in [5.41, 5.74) is 0.999. The maximum absolute atomic E-state index is 14.3. The molecule has 4 aliphatic rings. The Morgan fingerprint density at radius 3 is 2.51 bits per heavy atom. The average molecular weight is 559 g/mol. The highest BCUT2D eigenvalue weighted by molar-refractivity contribution is 8.02. The molecule has 0 saturated carbocycles. The van der Waals surface area contributed by atoms with Crippen molar-refractivity contribution in [2.45, 2.75) is 61.7 Å². The number of morpholine rings is 1. The lowest BCUT2D eigenvalue weighted by atomic mass is 9.66. The smallest absolute Gasteiger partial charge is 0.244 e. The summed E-state index contributed by atoms with van der Waals surface area (Å²) in [5, 5.41) is 16.6. The summed E-state index contributed by atoms with van der Waals surface area (Å²) in [6, 6.07) is 8.53. The number of ether oxygens (including phenoxy) is 1. The van der Waals surface area contributed by atoms with Crippen LogP contribution in [0.5, 0.6) is 0 Å². The number of fused-ring (bicyclic) bond motifs is 1. The molecule has 214 valence electrons. The Hall–Kier alpha value is -2.14. The first-order valence-electron chi connectivity index (χ1n) is 14.2. The van der Waals surface area contributed by atoms with Gasteiger partial charge in [-0.1, -0.05) is 44.2 Å². The summed E-state index contributed by atoms with van der Waals surface area (Å²) in [4.78, 5) is 45.9. The summed E-state index contributed by atoms with van der Waals surface area (Å²) in [7, 11) is 0. The van der Waals surface area contributed by atoms with Gasteiger partial charge in [0.25, 0.3) is 0 Å². The van der Waals surface area contributed by atoms with E-state index in [2.05, 4.69) is 22.5 Å². The van der Waals surface area contributed by atoms with Crippen LogP contribution in [0.25, 0.3) is 0 Å². The molecule has 1 aromatic carbocycles. The van der Waals surface area contributed by atoms with Crippen molar-refractivity contribution < 1.29 is 24.2 Å². The number of thioether (sulfide) groups is 1. The Balaban J connectivity index is 1.40. The van der Waals surface area contributed by atoms with E-state index in [9.17, 15) is 19.5 Å². The average Bonchev–Trinajstić information content (AvgIpc) is 3.50. The number of likely N-dealkylation sites (tertiary alicyclic amines) is 1. The zero-order chi connectivity index (χ0) is 27.8. The molecule has 2 bridgehead atoms. The molecule has 3 N–H and O–H groups in total. The van der Waals surface area contributed by atoms with Gasteiger partial charge in [0.1, 0.15) is 6.04 Å². The lowest BCUT2D eigenvalue weighted by Crippen LogP contribution is -2.58. The van der Waals surface area contributed by atoms with Crippen LogP contribution in [0.1, 0.15) is 39.2 Å². The van der Waals surface area contributed by atoms with Crippen molar-refractivity contribution in [3.05, 3.63) is 35.9 Å². The molecule has 6 atom stereocenters. The summed E-state index contributed by atoms with van der Waals surface area (Å²) < 4.78 is 4.31. The van der Waals surface area contributed by atoms with Crippen LogP contribution in [0, 0.1) is 17.8 Å². The molecular weight excluding hydrogens is 516 g/mol. The van der Waals surface area contributed by atoms with Gasteiger partial charge in [-0.2, -0.15) is 0 Å². The van der Waals surface area contributed by atoms with Crippen molar-refractivity contribution in [2.75, 3.05) is 46.0 Å². The molecule has 1 spiro atoms. The number of nitrogens with one attached hydrogen (secondary N) is 2. The first-order valence-corrected chi connectivity index (χ1v) is 15.1. The van der Waals surface area contributed by atoms with E-state index in [1.165, 1.54) is 0 Å². The molecule has 2 unspecified atom stereocenters. The quantitative estimate of drug-likeness (QED) is 0.396. The van der Waals surface area contributed by atoms with Gasteiger partial charge < -0.3 is 25.4 Å². The first-order chi connectivity index (χ1) is 18.7. The van der Waals surface area contributed by atoms with E-state index >= 15 is 0 Å². The van der Waals surface area contributed by atoms with Gasteiger partial charge in [0.05, 0.1) is 42.4 Å². The van der Waals surface area contributed by atoms with Gasteiger partial charge in [-0.3, -0.25) is 19.3 Å². The van der Waals surface area contributed by atoms with Crippen LogP contribution in [0.4, 0.5) is 0 Å². The molecule has 0 aromatic heterocycles. The molecule has 4 aliphatic heterocycles. The Morgan fingerprint density at radius 2 is 1.85 bits per heavy atom. The molecule has 4 saturated heterocycles. The second-order valence-electron chi connectivity index (χ2n) is 11.9. The van der Waals surface area contributed by atoms with Gasteiger partial charge in [0.2, 0.25) is 17.7 Å². The van der Waals surface area contributed by atoms with E-state index in [1.807, 2.05) is 44.2 Å². The van der Waals surface area contributed by atoms with E-state index < -0.39 is 33.4 Å². The van der Waals surface area contributed by atoms with Gasteiger partial charge >= 0.3 is 0 Å². The third-order valence-electron chi connectivity index (χ3n) is 9.20. The summed E-state index contributed by atoms with van der Waals surface area (Å²) in [6.07, 6.45) is 1.46. The Morgan fingerprint density at radius 1 is 1.13 bits per heavy atom. The number of hydrogen-bond donors (Lipinski definition) is 3. The molecular formula is C29H42N4O5S.